The molecular weight excluding hydrogens is 220 g/mol. The highest BCUT2D eigenvalue weighted by molar-refractivity contribution is 5.79. The molecule has 98 valence electrons. The first-order valence-corrected chi connectivity index (χ1v) is 6.11. The van der Waals surface area contributed by atoms with E-state index in [4.69, 9.17) is 4.74 Å². The summed E-state index contributed by atoms with van der Waals surface area (Å²) in [5, 5.41) is 3.00. The highest BCUT2D eigenvalue weighted by atomic mass is 16.5. The van der Waals surface area contributed by atoms with Crippen molar-refractivity contribution in [2.45, 2.75) is 19.8 Å². The number of methoxy groups -OCH3 is 1. The topological polar surface area (TPSA) is 58.6 Å². The Bertz CT molecular complexity index is 273. The van der Waals surface area contributed by atoms with Gasteiger partial charge in [-0.15, -0.1) is 0 Å². The summed E-state index contributed by atoms with van der Waals surface area (Å²) in [6.07, 6.45) is 1.43. The molecule has 0 radical (unpaired) electrons. The van der Waals surface area contributed by atoms with E-state index in [1.54, 1.807) is 0 Å². The quantitative estimate of drug-likeness (QED) is 0.718. The van der Waals surface area contributed by atoms with Crippen LogP contribution in [0.2, 0.25) is 0 Å². The number of nitrogens with zero attached hydrogens (tertiary/aromatic N) is 1. The average molecular weight is 242 g/mol. The van der Waals surface area contributed by atoms with E-state index < -0.39 is 0 Å². The Hall–Kier alpha value is -1.10. The molecule has 0 saturated carbocycles. The molecule has 1 unspecified atom stereocenters. The molecule has 1 rings (SSSR count). The number of piperidine rings is 1. The van der Waals surface area contributed by atoms with Crippen molar-refractivity contribution < 1.29 is 14.3 Å². The minimum atomic E-state index is -0.152. The van der Waals surface area contributed by atoms with Crippen LogP contribution in [0.5, 0.6) is 0 Å². The molecule has 0 aromatic heterocycles. The number of hydrogen-bond donors (Lipinski definition) is 1. The van der Waals surface area contributed by atoms with Crippen LogP contribution >= 0.6 is 0 Å². The van der Waals surface area contributed by atoms with Gasteiger partial charge in [-0.2, -0.15) is 0 Å². The molecule has 1 atom stereocenters. The summed E-state index contributed by atoms with van der Waals surface area (Å²) in [5.74, 6) is -0.0265. The van der Waals surface area contributed by atoms with Crippen LogP contribution in [0.1, 0.15) is 19.8 Å². The van der Waals surface area contributed by atoms with Crippen LogP contribution < -0.4 is 5.32 Å². The van der Waals surface area contributed by atoms with Gasteiger partial charge in [-0.3, -0.25) is 9.59 Å². The average Bonchev–Trinajstić information content (AvgIpc) is 2.37. The molecule has 1 saturated heterocycles. The van der Waals surface area contributed by atoms with Gasteiger partial charge in [-0.05, 0) is 19.9 Å². The fourth-order valence-electron chi connectivity index (χ4n) is 2.21. The Balaban J connectivity index is 2.41. The third-order valence-electron chi connectivity index (χ3n) is 3.27. The van der Waals surface area contributed by atoms with E-state index in [0.29, 0.717) is 32.5 Å². The van der Waals surface area contributed by atoms with Crippen LogP contribution in [0.3, 0.4) is 0 Å². The lowest BCUT2D eigenvalue weighted by Crippen LogP contribution is -2.44. The first-order chi connectivity index (χ1) is 8.10. The van der Waals surface area contributed by atoms with Crippen LogP contribution in [-0.2, 0) is 14.3 Å². The van der Waals surface area contributed by atoms with Crippen molar-refractivity contribution in [3.63, 3.8) is 0 Å². The van der Waals surface area contributed by atoms with Crippen LogP contribution in [0, 0.1) is 11.8 Å². The normalized spacial score (nSPS) is 18.9. The van der Waals surface area contributed by atoms with Gasteiger partial charge in [-0.1, -0.05) is 6.92 Å². The van der Waals surface area contributed by atoms with Gasteiger partial charge in [0.1, 0.15) is 0 Å². The Morgan fingerprint density at radius 3 is 2.47 bits per heavy atom. The molecule has 5 heteroatoms. The predicted molar refractivity (Wildman–Crippen MR) is 64.4 cm³/mol. The molecule has 0 aromatic rings. The van der Waals surface area contributed by atoms with E-state index in [1.807, 2.05) is 18.9 Å². The number of rotatable bonds is 4. The first kappa shape index (κ1) is 14.0. The summed E-state index contributed by atoms with van der Waals surface area (Å²) in [6.45, 7) is 3.93. The summed E-state index contributed by atoms with van der Waals surface area (Å²) in [6, 6.07) is 0. The third kappa shape index (κ3) is 3.70. The molecule has 0 bridgehead atoms. The number of carbonyl (C=O) groups is 2. The number of ether oxygens (including phenoxy) is 1. The SMILES string of the molecule is CNCC(C)C(=O)N1CCC(C(=O)OC)CC1. The monoisotopic (exact) mass is 242 g/mol. The summed E-state index contributed by atoms with van der Waals surface area (Å²) in [5.41, 5.74) is 0. The first-order valence-electron chi connectivity index (χ1n) is 6.11. The number of esters is 1. The van der Waals surface area contributed by atoms with Gasteiger partial charge in [0.25, 0.3) is 0 Å². The maximum absolute atomic E-state index is 12.0. The lowest BCUT2D eigenvalue weighted by Gasteiger charge is -2.32. The van der Waals surface area contributed by atoms with Crippen LogP contribution in [-0.4, -0.2) is 50.6 Å². The van der Waals surface area contributed by atoms with Gasteiger partial charge in [0.2, 0.25) is 5.91 Å². The van der Waals surface area contributed by atoms with Gasteiger partial charge in [0.05, 0.1) is 13.0 Å². The van der Waals surface area contributed by atoms with Crippen molar-refractivity contribution in [1.82, 2.24) is 10.2 Å². The van der Waals surface area contributed by atoms with Crippen molar-refractivity contribution in [2.24, 2.45) is 11.8 Å². The number of carbonyl (C=O) groups excluding carboxylic acids is 2. The molecule has 1 aliphatic rings. The van der Waals surface area contributed by atoms with Crippen molar-refractivity contribution in [2.75, 3.05) is 33.8 Å². The fraction of sp³-hybridized carbons (Fsp3) is 0.833. The minimum absolute atomic E-state index is 0.00493. The smallest absolute Gasteiger partial charge is 0.308 e. The lowest BCUT2D eigenvalue weighted by atomic mass is 9.96. The number of amides is 1. The molecule has 1 aliphatic heterocycles. The summed E-state index contributed by atoms with van der Waals surface area (Å²) in [4.78, 5) is 25.2. The van der Waals surface area contributed by atoms with Crippen LogP contribution in [0.25, 0.3) is 0 Å². The second-order valence-corrected chi connectivity index (χ2v) is 4.58. The van der Waals surface area contributed by atoms with Crippen LogP contribution in [0.15, 0.2) is 0 Å². The standard InChI is InChI=1S/C12H22N2O3/c1-9(8-13-2)11(15)14-6-4-10(5-7-14)12(16)17-3/h9-10,13H,4-8H2,1-3H3. The van der Waals surface area contributed by atoms with E-state index in [9.17, 15) is 9.59 Å². The van der Waals surface area contributed by atoms with Gasteiger partial charge < -0.3 is 15.0 Å². The van der Waals surface area contributed by atoms with Crippen molar-refractivity contribution in [3.05, 3.63) is 0 Å². The Morgan fingerprint density at radius 2 is 2.00 bits per heavy atom. The Kier molecular flexibility index (Phi) is 5.41. The second-order valence-electron chi connectivity index (χ2n) is 4.58. The van der Waals surface area contributed by atoms with E-state index in [1.165, 1.54) is 7.11 Å². The molecular formula is C12H22N2O3. The Morgan fingerprint density at radius 1 is 1.41 bits per heavy atom. The molecule has 5 nitrogen and oxygen atoms in total. The fourth-order valence-corrected chi connectivity index (χ4v) is 2.21. The van der Waals surface area contributed by atoms with Gasteiger partial charge in [0.15, 0.2) is 0 Å². The van der Waals surface area contributed by atoms with Crippen molar-refractivity contribution in [3.8, 4) is 0 Å². The number of likely N-dealkylation sites (tertiary alicyclic amines) is 1. The molecule has 0 aromatic carbocycles. The summed E-state index contributed by atoms with van der Waals surface area (Å²) in [7, 11) is 3.25. The largest absolute Gasteiger partial charge is 0.469 e. The highest BCUT2D eigenvalue weighted by Gasteiger charge is 2.29. The number of nitrogens with one attached hydrogen (secondary N) is 1. The summed E-state index contributed by atoms with van der Waals surface area (Å²) >= 11 is 0. The molecule has 17 heavy (non-hydrogen) atoms. The maximum atomic E-state index is 12.0. The van der Waals surface area contributed by atoms with Crippen molar-refractivity contribution >= 4 is 11.9 Å². The molecule has 1 heterocycles. The molecule has 0 spiro atoms. The van der Waals surface area contributed by atoms with Crippen molar-refractivity contribution in [1.29, 1.82) is 0 Å². The number of hydrogen-bond acceptors (Lipinski definition) is 4. The minimum Gasteiger partial charge on any atom is -0.469 e. The van der Waals surface area contributed by atoms with E-state index in [0.717, 1.165) is 0 Å². The zero-order chi connectivity index (χ0) is 12.8. The second kappa shape index (κ2) is 6.59. The third-order valence-corrected chi connectivity index (χ3v) is 3.27. The Labute approximate surface area is 102 Å². The van der Waals surface area contributed by atoms with Crippen LogP contribution in [0.4, 0.5) is 0 Å². The molecule has 1 fully saturated rings. The lowest BCUT2D eigenvalue weighted by molar-refractivity contribution is -0.149. The maximum Gasteiger partial charge on any atom is 0.308 e. The zero-order valence-electron chi connectivity index (χ0n) is 10.9. The van der Waals surface area contributed by atoms with E-state index >= 15 is 0 Å². The molecule has 1 N–H and O–H groups in total. The van der Waals surface area contributed by atoms with E-state index in [-0.39, 0.29) is 23.7 Å². The van der Waals surface area contributed by atoms with Gasteiger partial charge in [0, 0.05) is 25.6 Å². The van der Waals surface area contributed by atoms with Gasteiger partial charge in [-0.25, -0.2) is 0 Å². The van der Waals surface area contributed by atoms with Gasteiger partial charge >= 0.3 is 5.97 Å². The summed E-state index contributed by atoms with van der Waals surface area (Å²) < 4.78 is 4.72. The van der Waals surface area contributed by atoms with E-state index in [2.05, 4.69) is 5.32 Å². The zero-order valence-corrected chi connectivity index (χ0v) is 10.9. The highest BCUT2D eigenvalue weighted by Crippen LogP contribution is 2.19. The molecule has 1 amide bonds. The predicted octanol–water partition coefficient (Wildman–Crippen LogP) is 0.254. The molecule has 0 aliphatic carbocycles.